The monoisotopic (exact) mass is 357 g/mol. The molecule has 0 saturated heterocycles. The maximum atomic E-state index is 6.88. The highest BCUT2D eigenvalue weighted by Gasteiger charge is 2.69. The average Bonchev–Trinajstić information content (AvgIpc) is 2.95. The first kappa shape index (κ1) is 19.9. The summed E-state index contributed by atoms with van der Waals surface area (Å²) in [5.41, 5.74) is 2.08. The molecule has 0 amide bonds. The maximum Gasteiger partial charge on any atom is 0.0783 e. The molecule has 1 aromatic rings. The first-order valence-corrected chi connectivity index (χ1v) is 10.8. The number of rotatable bonds is 9. The minimum absolute atomic E-state index is 0.00400. The van der Waals surface area contributed by atoms with Gasteiger partial charge in [0.2, 0.25) is 0 Å². The fourth-order valence-electron chi connectivity index (χ4n) is 5.95. The Bertz CT molecular complexity index is 579. The predicted molar refractivity (Wildman–Crippen MR) is 110 cm³/mol. The summed E-state index contributed by atoms with van der Waals surface area (Å²) in [6, 6.07) is 11.0. The van der Waals surface area contributed by atoms with Crippen molar-refractivity contribution in [1.82, 2.24) is 4.90 Å². The van der Waals surface area contributed by atoms with E-state index in [9.17, 15) is 0 Å². The van der Waals surface area contributed by atoms with Crippen molar-refractivity contribution in [3.63, 3.8) is 0 Å². The van der Waals surface area contributed by atoms with Crippen LogP contribution in [-0.2, 0) is 11.2 Å². The average molecular weight is 358 g/mol. The molecular weight excluding hydrogens is 318 g/mol. The number of nitrogens with zero attached hydrogens (tertiary/aromatic N) is 1. The number of fused-ring (bicyclic) bond motifs is 2. The highest BCUT2D eigenvalue weighted by atomic mass is 16.5. The lowest BCUT2D eigenvalue weighted by atomic mass is 9.62. The predicted octanol–water partition coefficient (Wildman–Crippen LogP) is 5.56. The SMILES string of the molecule is CCN(CC)CCCOC1(Cc2ccccc2)CC2CCC1(C)C2(C)C. The lowest BCUT2D eigenvalue weighted by Gasteiger charge is -2.49. The summed E-state index contributed by atoms with van der Waals surface area (Å²) < 4.78 is 6.88. The fourth-order valence-corrected chi connectivity index (χ4v) is 5.95. The van der Waals surface area contributed by atoms with Crippen LogP contribution in [-0.4, -0.2) is 36.7 Å². The molecule has 2 saturated carbocycles. The molecule has 3 unspecified atom stereocenters. The Balaban J connectivity index is 1.76. The van der Waals surface area contributed by atoms with E-state index in [-0.39, 0.29) is 11.0 Å². The zero-order chi connectivity index (χ0) is 18.8. The van der Waals surface area contributed by atoms with Gasteiger partial charge < -0.3 is 9.64 Å². The summed E-state index contributed by atoms with van der Waals surface area (Å²) in [5.74, 6) is 0.805. The van der Waals surface area contributed by atoms with Crippen molar-refractivity contribution in [2.75, 3.05) is 26.2 Å². The summed E-state index contributed by atoms with van der Waals surface area (Å²) in [5, 5.41) is 0. The van der Waals surface area contributed by atoms with E-state index < -0.39 is 0 Å². The van der Waals surface area contributed by atoms with Crippen molar-refractivity contribution < 1.29 is 4.74 Å². The van der Waals surface area contributed by atoms with Crippen LogP contribution >= 0.6 is 0 Å². The van der Waals surface area contributed by atoms with Crippen LogP contribution in [0.4, 0.5) is 0 Å². The third-order valence-electron chi connectivity index (χ3n) is 8.24. The van der Waals surface area contributed by atoms with Gasteiger partial charge in [-0.1, -0.05) is 65.0 Å². The molecule has 3 rings (SSSR count). The van der Waals surface area contributed by atoms with Gasteiger partial charge >= 0.3 is 0 Å². The van der Waals surface area contributed by atoms with Crippen molar-refractivity contribution in [1.29, 1.82) is 0 Å². The molecule has 2 heteroatoms. The topological polar surface area (TPSA) is 12.5 Å². The molecule has 0 aromatic heterocycles. The van der Waals surface area contributed by atoms with E-state index in [0.717, 1.165) is 45.0 Å². The van der Waals surface area contributed by atoms with Gasteiger partial charge in [-0.05, 0) is 55.7 Å². The second kappa shape index (κ2) is 7.64. The van der Waals surface area contributed by atoms with Crippen LogP contribution in [0.15, 0.2) is 30.3 Å². The Kier molecular flexibility index (Phi) is 5.84. The highest BCUT2D eigenvalue weighted by molar-refractivity contribution is 5.25. The fraction of sp³-hybridized carbons (Fsp3) is 0.750. The molecule has 3 atom stereocenters. The van der Waals surface area contributed by atoms with Crippen LogP contribution in [0.2, 0.25) is 0 Å². The van der Waals surface area contributed by atoms with E-state index in [1.807, 2.05) is 0 Å². The Morgan fingerprint density at radius 1 is 1.08 bits per heavy atom. The lowest BCUT2D eigenvalue weighted by Crippen LogP contribution is -2.51. The number of hydrogen-bond donors (Lipinski definition) is 0. The molecule has 2 aliphatic rings. The van der Waals surface area contributed by atoms with Crippen LogP contribution in [0, 0.1) is 16.7 Å². The normalized spacial score (nSPS) is 32.5. The van der Waals surface area contributed by atoms with Gasteiger partial charge in [0.25, 0.3) is 0 Å². The number of benzene rings is 1. The van der Waals surface area contributed by atoms with Gasteiger partial charge in [0, 0.05) is 25.0 Å². The third-order valence-corrected chi connectivity index (χ3v) is 8.24. The van der Waals surface area contributed by atoms with E-state index in [0.29, 0.717) is 5.41 Å². The van der Waals surface area contributed by atoms with Crippen molar-refractivity contribution >= 4 is 0 Å². The van der Waals surface area contributed by atoms with Crippen LogP contribution in [0.25, 0.3) is 0 Å². The van der Waals surface area contributed by atoms with Gasteiger partial charge in [-0.3, -0.25) is 0 Å². The van der Waals surface area contributed by atoms with E-state index in [1.54, 1.807) is 0 Å². The number of ether oxygens (including phenoxy) is 1. The van der Waals surface area contributed by atoms with Crippen LogP contribution in [0.3, 0.4) is 0 Å². The molecule has 0 radical (unpaired) electrons. The first-order chi connectivity index (χ1) is 12.4. The molecule has 2 fully saturated rings. The van der Waals surface area contributed by atoms with Gasteiger partial charge in [-0.15, -0.1) is 0 Å². The van der Waals surface area contributed by atoms with Crippen LogP contribution in [0.1, 0.15) is 65.9 Å². The Morgan fingerprint density at radius 3 is 2.31 bits per heavy atom. The van der Waals surface area contributed by atoms with Crippen molar-refractivity contribution in [3.8, 4) is 0 Å². The van der Waals surface area contributed by atoms with E-state index in [4.69, 9.17) is 4.74 Å². The molecule has 26 heavy (non-hydrogen) atoms. The van der Waals surface area contributed by atoms with E-state index in [1.165, 1.54) is 24.8 Å². The van der Waals surface area contributed by atoms with Gasteiger partial charge in [-0.2, -0.15) is 0 Å². The zero-order valence-electron chi connectivity index (χ0n) is 17.7. The van der Waals surface area contributed by atoms with Crippen LogP contribution in [0.5, 0.6) is 0 Å². The standard InChI is InChI=1S/C24H39NO/c1-6-25(7-2)16-11-17-26-24(18-20-12-9-8-10-13-20)19-21-14-15-23(24,5)22(21,3)4/h8-10,12-13,21H,6-7,11,14-19H2,1-5H3. The number of hydrogen-bond acceptors (Lipinski definition) is 2. The molecule has 1 aromatic carbocycles. The molecule has 2 bridgehead atoms. The summed E-state index contributed by atoms with van der Waals surface area (Å²) in [6.07, 6.45) is 6.13. The van der Waals surface area contributed by atoms with E-state index in [2.05, 4.69) is 69.9 Å². The molecule has 0 spiro atoms. The van der Waals surface area contributed by atoms with Gasteiger partial charge in [0.15, 0.2) is 0 Å². The summed E-state index contributed by atoms with van der Waals surface area (Å²) in [4.78, 5) is 2.50. The largest absolute Gasteiger partial charge is 0.374 e. The van der Waals surface area contributed by atoms with Crippen molar-refractivity contribution in [2.24, 2.45) is 16.7 Å². The van der Waals surface area contributed by atoms with Gasteiger partial charge in [-0.25, -0.2) is 0 Å². The Labute approximate surface area is 161 Å². The van der Waals surface area contributed by atoms with Crippen molar-refractivity contribution in [2.45, 2.75) is 72.3 Å². The molecule has 0 N–H and O–H groups in total. The van der Waals surface area contributed by atoms with Gasteiger partial charge in [0.05, 0.1) is 5.60 Å². The van der Waals surface area contributed by atoms with Gasteiger partial charge in [0.1, 0.15) is 0 Å². The molecule has 0 aliphatic heterocycles. The second-order valence-electron chi connectivity index (χ2n) is 9.38. The van der Waals surface area contributed by atoms with E-state index >= 15 is 0 Å². The second-order valence-corrected chi connectivity index (χ2v) is 9.38. The van der Waals surface area contributed by atoms with Crippen LogP contribution < -0.4 is 0 Å². The minimum atomic E-state index is 0.00400. The molecule has 2 aliphatic carbocycles. The zero-order valence-corrected chi connectivity index (χ0v) is 17.7. The molecular formula is C24H39NO. The summed E-state index contributed by atoms with van der Waals surface area (Å²) in [7, 11) is 0. The Hall–Kier alpha value is -0.860. The maximum absolute atomic E-state index is 6.88. The Morgan fingerprint density at radius 2 is 1.77 bits per heavy atom. The molecule has 2 nitrogen and oxygen atoms in total. The summed E-state index contributed by atoms with van der Waals surface area (Å²) >= 11 is 0. The first-order valence-electron chi connectivity index (χ1n) is 10.8. The summed E-state index contributed by atoms with van der Waals surface area (Å²) in [6.45, 7) is 16.3. The molecule has 0 heterocycles. The highest BCUT2D eigenvalue weighted by Crippen LogP contribution is 2.71. The molecule has 146 valence electrons. The van der Waals surface area contributed by atoms with Crippen molar-refractivity contribution in [3.05, 3.63) is 35.9 Å². The third kappa shape index (κ3) is 3.24. The smallest absolute Gasteiger partial charge is 0.0783 e. The lowest BCUT2D eigenvalue weighted by molar-refractivity contribution is -0.139. The quantitative estimate of drug-likeness (QED) is 0.536. The minimum Gasteiger partial charge on any atom is -0.374 e.